The Morgan fingerprint density at radius 2 is 2.35 bits per heavy atom. The van der Waals surface area contributed by atoms with Crippen molar-refractivity contribution in [3.8, 4) is 0 Å². The monoisotopic (exact) mass is 304 g/mol. The summed E-state index contributed by atoms with van der Waals surface area (Å²) in [6, 6.07) is 0.0844. The molecule has 0 saturated heterocycles. The third-order valence-corrected chi connectivity index (χ3v) is 2.45. The van der Waals surface area contributed by atoms with Gasteiger partial charge in [-0.2, -0.15) is 4.68 Å². The van der Waals surface area contributed by atoms with Gasteiger partial charge in [0.1, 0.15) is 4.47 Å². The first kappa shape index (κ1) is 13.6. The maximum atomic E-state index is 11.4. The molecule has 0 radical (unpaired) electrons. The maximum Gasteiger partial charge on any atom is 0.404 e. The van der Waals surface area contributed by atoms with Crippen LogP contribution in [0, 0.1) is 10.1 Å². The number of nitro groups is 1. The van der Waals surface area contributed by atoms with Crippen molar-refractivity contribution < 1.29 is 9.72 Å². The summed E-state index contributed by atoms with van der Waals surface area (Å²) in [6.45, 7) is 4.05. The second-order valence-electron chi connectivity index (χ2n) is 3.79. The number of carbonyl (C=O) groups is 1. The Morgan fingerprint density at radius 1 is 1.71 bits per heavy atom. The lowest BCUT2D eigenvalue weighted by molar-refractivity contribution is -0.390. The van der Waals surface area contributed by atoms with Crippen LogP contribution in [0.1, 0.15) is 20.3 Å². The van der Waals surface area contributed by atoms with Gasteiger partial charge < -0.3 is 15.4 Å². The largest absolute Gasteiger partial charge is 0.404 e. The Kier molecular flexibility index (Phi) is 4.62. The number of hydrogen-bond acceptors (Lipinski definition) is 4. The quantitative estimate of drug-likeness (QED) is 0.659. The Hall–Kier alpha value is -1.44. The van der Waals surface area contributed by atoms with Crippen LogP contribution in [0.15, 0.2) is 10.7 Å². The van der Waals surface area contributed by atoms with Crippen molar-refractivity contribution in [1.29, 1.82) is 0 Å². The van der Waals surface area contributed by atoms with Crippen LogP contribution in [-0.2, 0) is 11.3 Å². The molecule has 17 heavy (non-hydrogen) atoms. The van der Waals surface area contributed by atoms with Gasteiger partial charge in [-0.1, -0.05) is 0 Å². The molecule has 1 N–H and O–H groups in total. The second-order valence-corrected chi connectivity index (χ2v) is 4.65. The summed E-state index contributed by atoms with van der Waals surface area (Å²) < 4.78 is 1.69. The summed E-state index contributed by atoms with van der Waals surface area (Å²) in [5.41, 5.74) is 0. The number of aromatic nitrogens is 2. The lowest BCUT2D eigenvalue weighted by Gasteiger charge is -2.06. The molecule has 1 heterocycles. The summed E-state index contributed by atoms with van der Waals surface area (Å²) >= 11 is 3.04. The van der Waals surface area contributed by atoms with Crippen molar-refractivity contribution in [2.45, 2.75) is 32.9 Å². The third kappa shape index (κ3) is 4.14. The highest BCUT2D eigenvalue weighted by molar-refractivity contribution is 9.10. The molecular formula is C9H13BrN4O3. The summed E-state index contributed by atoms with van der Waals surface area (Å²) in [5, 5.41) is 17.0. The van der Waals surface area contributed by atoms with Crippen LogP contribution in [0.2, 0.25) is 0 Å². The predicted molar refractivity (Wildman–Crippen MR) is 64.5 cm³/mol. The summed E-state index contributed by atoms with van der Waals surface area (Å²) in [5.74, 6) is -0.344. The van der Waals surface area contributed by atoms with E-state index in [1.54, 1.807) is 0 Å². The van der Waals surface area contributed by atoms with Crippen molar-refractivity contribution in [2.75, 3.05) is 0 Å². The van der Waals surface area contributed by atoms with Crippen molar-refractivity contribution in [3.05, 3.63) is 20.8 Å². The molecule has 1 aromatic heterocycles. The fourth-order valence-electron chi connectivity index (χ4n) is 1.24. The fraction of sp³-hybridized carbons (Fsp3) is 0.556. The smallest absolute Gasteiger partial charge is 0.358 e. The SMILES string of the molecule is CC(C)NC(=O)CCn1cc(Br)c([N+](=O)[O-])n1. The number of hydrogen-bond donors (Lipinski definition) is 1. The van der Waals surface area contributed by atoms with Crippen LogP contribution in [0.5, 0.6) is 0 Å². The van der Waals surface area contributed by atoms with Gasteiger partial charge in [-0.05, 0) is 34.7 Å². The highest BCUT2D eigenvalue weighted by Gasteiger charge is 2.18. The lowest BCUT2D eigenvalue weighted by atomic mass is 10.3. The van der Waals surface area contributed by atoms with Gasteiger partial charge in [-0.3, -0.25) is 4.79 Å². The second kappa shape index (κ2) is 5.76. The van der Waals surface area contributed by atoms with E-state index in [1.807, 2.05) is 13.8 Å². The van der Waals surface area contributed by atoms with Crippen LogP contribution in [0.3, 0.4) is 0 Å². The van der Waals surface area contributed by atoms with Crippen molar-refractivity contribution in [1.82, 2.24) is 15.1 Å². The highest BCUT2D eigenvalue weighted by atomic mass is 79.9. The minimum absolute atomic E-state index is 0.0844. The fourth-order valence-corrected chi connectivity index (χ4v) is 1.70. The molecule has 0 aliphatic carbocycles. The van der Waals surface area contributed by atoms with E-state index in [0.29, 0.717) is 11.0 Å². The summed E-state index contributed by atoms with van der Waals surface area (Å²) in [4.78, 5) is 21.3. The molecule has 0 fully saturated rings. The Bertz CT molecular complexity index is 430. The molecule has 1 rings (SSSR count). The van der Waals surface area contributed by atoms with E-state index in [1.165, 1.54) is 10.9 Å². The van der Waals surface area contributed by atoms with Gasteiger partial charge in [0, 0.05) is 12.5 Å². The standard InChI is InChI=1S/C9H13BrN4O3/c1-6(2)11-8(15)3-4-13-5-7(10)9(12-13)14(16)17/h5-6H,3-4H2,1-2H3,(H,11,15). The van der Waals surface area contributed by atoms with Crippen LogP contribution in [0.4, 0.5) is 5.82 Å². The number of halogens is 1. The van der Waals surface area contributed by atoms with E-state index in [4.69, 9.17) is 0 Å². The number of nitrogens with one attached hydrogen (secondary N) is 1. The Labute approximate surface area is 106 Å². The molecule has 8 heteroatoms. The topological polar surface area (TPSA) is 90.1 Å². The predicted octanol–water partition coefficient (Wildman–Crippen LogP) is 1.47. The van der Waals surface area contributed by atoms with E-state index >= 15 is 0 Å². The molecule has 0 aliphatic rings. The molecule has 1 amide bonds. The average Bonchev–Trinajstić information content (AvgIpc) is 2.56. The van der Waals surface area contributed by atoms with Crippen molar-refractivity contribution in [3.63, 3.8) is 0 Å². The van der Waals surface area contributed by atoms with Gasteiger partial charge in [0.25, 0.3) is 0 Å². The Morgan fingerprint density at radius 3 is 2.82 bits per heavy atom. The molecule has 0 saturated carbocycles. The summed E-state index contributed by atoms with van der Waals surface area (Å²) in [6.07, 6.45) is 1.73. The first-order valence-corrected chi connectivity index (χ1v) is 5.86. The first-order chi connectivity index (χ1) is 7.90. The van der Waals surface area contributed by atoms with Crippen LogP contribution < -0.4 is 5.32 Å². The van der Waals surface area contributed by atoms with Gasteiger partial charge in [0.2, 0.25) is 5.91 Å². The summed E-state index contributed by atoms with van der Waals surface area (Å²) in [7, 11) is 0. The van der Waals surface area contributed by atoms with E-state index in [2.05, 4.69) is 26.3 Å². The van der Waals surface area contributed by atoms with Gasteiger partial charge in [0.05, 0.1) is 17.8 Å². The Balaban J connectivity index is 2.55. The average molecular weight is 305 g/mol. The molecule has 1 aromatic rings. The zero-order valence-electron chi connectivity index (χ0n) is 9.51. The number of amides is 1. The highest BCUT2D eigenvalue weighted by Crippen LogP contribution is 2.21. The van der Waals surface area contributed by atoms with Crippen molar-refractivity contribution in [2.24, 2.45) is 0 Å². The molecule has 7 nitrogen and oxygen atoms in total. The zero-order chi connectivity index (χ0) is 13.0. The minimum Gasteiger partial charge on any atom is -0.358 e. The number of nitrogens with zero attached hydrogens (tertiary/aromatic N) is 3. The third-order valence-electron chi connectivity index (χ3n) is 1.89. The first-order valence-electron chi connectivity index (χ1n) is 5.07. The minimum atomic E-state index is -0.575. The number of carbonyl (C=O) groups excluding carboxylic acids is 1. The normalized spacial score (nSPS) is 10.6. The van der Waals surface area contributed by atoms with Crippen LogP contribution in [-0.4, -0.2) is 26.7 Å². The van der Waals surface area contributed by atoms with Gasteiger partial charge >= 0.3 is 5.82 Å². The molecule has 94 valence electrons. The van der Waals surface area contributed by atoms with E-state index < -0.39 is 4.92 Å². The number of rotatable bonds is 5. The number of aryl methyl sites for hydroxylation is 1. The zero-order valence-corrected chi connectivity index (χ0v) is 11.1. The van der Waals surface area contributed by atoms with Gasteiger partial charge in [-0.25, -0.2) is 0 Å². The van der Waals surface area contributed by atoms with Gasteiger partial charge in [0.15, 0.2) is 0 Å². The van der Waals surface area contributed by atoms with Crippen molar-refractivity contribution >= 4 is 27.7 Å². The molecule has 0 atom stereocenters. The van der Waals surface area contributed by atoms with Crippen LogP contribution in [0.25, 0.3) is 0 Å². The molecule has 0 spiro atoms. The molecule has 0 aliphatic heterocycles. The maximum absolute atomic E-state index is 11.4. The van der Waals surface area contributed by atoms with Gasteiger partial charge in [-0.15, -0.1) is 0 Å². The molecule has 0 unspecified atom stereocenters. The molecule has 0 bridgehead atoms. The van der Waals surface area contributed by atoms with Crippen LogP contribution >= 0.6 is 15.9 Å². The van der Waals surface area contributed by atoms with E-state index in [0.717, 1.165) is 0 Å². The molecular weight excluding hydrogens is 292 g/mol. The van der Waals surface area contributed by atoms with E-state index in [9.17, 15) is 14.9 Å². The molecule has 0 aromatic carbocycles. The lowest BCUT2D eigenvalue weighted by Crippen LogP contribution is -2.30. The van der Waals surface area contributed by atoms with E-state index in [-0.39, 0.29) is 24.2 Å².